The number of methoxy groups -OCH3 is 1. The van der Waals surface area contributed by atoms with E-state index in [9.17, 15) is 31.5 Å². The average molecular weight is 351 g/mol. The van der Waals surface area contributed by atoms with Gasteiger partial charge in [0.25, 0.3) is 0 Å². The zero-order valence-electron chi connectivity index (χ0n) is 11.3. The number of hydrogen-bond acceptors (Lipinski definition) is 6. The smallest absolute Gasteiger partial charge is 0.497 e. The van der Waals surface area contributed by atoms with Gasteiger partial charge < -0.3 is 14.0 Å². The maximum absolute atomic E-state index is 12.4. The Labute approximate surface area is 127 Å². The van der Waals surface area contributed by atoms with Crippen LogP contribution in [0.5, 0.6) is 11.5 Å². The maximum Gasteiger partial charge on any atom is 0.534 e. The quantitative estimate of drug-likeness (QED) is 0.665. The lowest BCUT2D eigenvalue weighted by atomic mass is 10.1. The third kappa shape index (κ3) is 3.13. The Morgan fingerprint density at radius 2 is 1.96 bits per heavy atom. The van der Waals surface area contributed by atoms with Crippen LogP contribution < -0.4 is 8.92 Å². The molecule has 1 aromatic carbocycles. The fourth-order valence-electron chi connectivity index (χ4n) is 1.73. The van der Waals surface area contributed by atoms with Gasteiger partial charge in [0.15, 0.2) is 5.75 Å². The van der Waals surface area contributed by atoms with E-state index in [1.807, 2.05) is 0 Å². The molecule has 0 fully saturated rings. The molecule has 0 amide bonds. The minimum absolute atomic E-state index is 0.111. The summed E-state index contributed by atoms with van der Waals surface area (Å²) in [6.45, 7) is 0. The van der Waals surface area contributed by atoms with Crippen LogP contribution in [0.25, 0.3) is 10.9 Å². The minimum Gasteiger partial charge on any atom is -0.497 e. The van der Waals surface area contributed by atoms with Crippen LogP contribution in [0.15, 0.2) is 24.4 Å². The van der Waals surface area contributed by atoms with Crippen molar-refractivity contribution in [2.75, 3.05) is 7.11 Å². The van der Waals surface area contributed by atoms with Gasteiger partial charge >= 0.3 is 21.6 Å². The zero-order chi connectivity index (χ0) is 17.4. The van der Waals surface area contributed by atoms with Gasteiger partial charge in [0.1, 0.15) is 11.3 Å². The second-order valence-electron chi connectivity index (χ2n) is 4.17. The van der Waals surface area contributed by atoms with E-state index in [0.29, 0.717) is 6.20 Å². The third-order valence-electron chi connectivity index (χ3n) is 2.74. The van der Waals surface area contributed by atoms with Gasteiger partial charge in [-0.15, -0.1) is 0 Å². The predicted octanol–water partition coefficient (Wildman–Crippen LogP) is 2.17. The Hall–Kier alpha value is -2.56. The summed E-state index contributed by atoms with van der Waals surface area (Å²) < 4.78 is 68.1. The summed E-state index contributed by atoms with van der Waals surface area (Å²) in [5.74, 6) is -2.52. The second kappa shape index (κ2) is 5.57. The van der Waals surface area contributed by atoms with E-state index in [2.05, 4.69) is 9.17 Å². The minimum atomic E-state index is -6.03. The predicted molar refractivity (Wildman–Crippen MR) is 70.9 cm³/mol. The first-order chi connectivity index (χ1) is 10.6. The van der Waals surface area contributed by atoms with Crippen molar-refractivity contribution in [2.45, 2.75) is 5.51 Å². The Kier molecular flexibility index (Phi) is 4.07. The van der Waals surface area contributed by atoms with Crippen LogP contribution in [-0.4, -0.2) is 37.1 Å². The normalized spacial score (nSPS) is 12.2. The molecule has 2 aromatic rings. The van der Waals surface area contributed by atoms with E-state index in [0.717, 1.165) is 0 Å². The van der Waals surface area contributed by atoms with E-state index in [4.69, 9.17) is 4.74 Å². The van der Waals surface area contributed by atoms with E-state index in [1.165, 1.54) is 25.3 Å². The number of carbonyl (C=O) groups is 1. The summed E-state index contributed by atoms with van der Waals surface area (Å²) in [6, 6.07) is 4.01. The number of carboxylic acids is 1. The zero-order valence-corrected chi connectivity index (χ0v) is 12.1. The highest BCUT2D eigenvalue weighted by molar-refractivity contribution is 7.88. The summed E-state index contributed by atoms with van der Waals surface area (Å²) in [4.78, 5) is 15.0. The first-order valence-corrected chi connectivity index (χ1v) is 7.18. The lowest BCUT2D eigenvalue weighted by Gasteiger charge is -2.12. The number of aromatic carboxylic acids is 1. The molecular weight excluding hydrogens is 343 g/mol. The van der Waals surface area contributed by atoms with Gasteiger partial charge in [-0.1, -0.05) is 0 Å². The van der Waals surface area contributed by atoms with Crippen LogP contribution in [0.2, 0.25) is 0 Å². The highest BCUT2D eigenvalue weighted by Crippen LogP contribution is 2.33. The molecule has 1 heterocycles. The van der Waals surface area contributed by atoms with Crippen molar-refractivity contribution in [3.8, 4) is 11.5 Å². The molecule has 0 aliphatic rings. The molecule has 124 valence electrons. The van der Waals surface area contributed by atoms with Gasteiger partial charge in [-0.3, -0.25) is 4.98 Å². The fraction of sp³-hybridized carbons (Fsp3) is 0.167. The molecule has 23 heavy (non-hydrogen) atoms. The van der Waals surface area contributed by atoms with E-state index in [-0.39, 0.29) is 16.7 Å². The first kappa shape index (κ1) is 16.8. The lowest BCUT2D eigenvalue weighted by Crippen LogP contribution is -2.28. The fourth-order valence-corrected chi connectivity index (χ4v) is 2.19. The number of benzene rings is 1. The number of nitrogens with zero attached hydrogens (tertiary/aromatic N) is 1. The number of carboxylic acid groups (broad SMARTS) is 1. The molecule has 0 spiro atoms. The summed E-state index contributed by atoms with van der Waals surface area (Å²) in [7, 11) is -4.73. The van der Waals surface area contributed by atoms with Gasteiger partial charge in [0.05, 0.1) is 18.8 Å². The van der Waals surface area contributed by atoms with Crippen molar-refractivity contribution in [2.24, 2.45) is 0 Å². The van der Waals surface area contributed by atoms with Gasteiger partial charge in [-0.2, -0.15) is 21.6 Å². The van der Waals surface area contributed by atoms with Gasteiger partial charge in [0.2, 0.25) is 0 Å². The molecule has 0 bridgehead atoms. The molecule has 0 radical (unpaired) electrons. The van der Waals surface area contributed by atoms with Crippen LogP contribution in [0.1, 0.15) is 10.4 Å². The molecule has 11 heteroatoms. The van der Waals surface area contributed by atoms with Crippen molar-refractivity contribution in [3.63, 3.8) is 0 Å². The highest BCUT2D eigenvalue weighted by atomic mass is 32.2. The molecule has 7 nitrogen and oxygen atoms in total. The molecular formula is C12H8F3NO6S. The number of rotatable bonds is 4. The van der Waals surface area contributed by atoms with Gasteiger partial charge in [-0.05, 0) is 18.2 Å². The van der Waals surface area contributed by atoms with E-state index >= 15 is 0 Å². The number of ether oxygens (including phenoxy) is 1. The van der Waals surface area contributed by atoms with Crippen LogP contribution in [-0.2, 0) is 10.1 Å². The molecule has 0 aliphatic heterocycles. The number of aromatic nitrogens is 1. The van der Waals surface area contributed by atoms with Gasteiger partial charge in [0, 0.05) is 5.39 Å². The molecule has 0 aliphatic carbocycles. The van der Waals surface area contributed by atoms with Crippen molar-refractivity contribution in [3.05, 3.63) is 30.0 Å². The topological polar surface area (TPSA) is 103 Å². The molecule has 0 saturated carbocycles. The average Bonchev–Trinajstić information content (AvgIpc) is 2.44. The summed E-state index contributed by atoms with van der Waals surface area (Å²) in [5.41, 5.74) is -6.37. The number of fused-ring (bicyclic) bond motifs is 1. The Morgan fingerprint density at radius 3 is 2.48 bits per heavy atom. The Bertz CT molecular complexity index is 878. The Morgan fingerprint density at radius 1 is 1.30 bits per heavy atom. The van der Waals surface area contributed by atoms with Crippen LogP contribution in [0.4, 0.5) is 13.2 Å². The summed E-state index contributed by atoms with van der Waals surface area (Å²) in [5, 5.41) is 9.07. The monoisotopic (exact) mass is 351 g/mol. The second-order valence-corrected chi connectivity index (χ2v) is 5.71. The number of pyridine rings is 1. The molecule has 0 unspecified atom stereocenters. The van der Waals surface area contributed by atoms with Crippen molar-refractivity contribution < 1.29 is 40.4 Å². The third-order valence-corrected chi connectivity index (χ3v) is 3.70. The Balaban J connectivity index is 2.70. The van der Waals surface area contributed by atoms with Crippen molar-refractivity contribution >= 4 is 27.0 Å². The van der Waals surface area contributed by atoms with Crippen molar-refractivity contribution in [1.82, 2.24) is 4.98 Å². The maximum atomic E-state index is 12.4. The van der Waals surface area contributed by atoms with Crippen LogP contribution in [0, 0.1) is 0 Å². The van der Waals surface area contributed by atoms with Crippen LogP contribution >= 0.6 is 0 Å². The molecule has 2 rings (SSSR count). The molecule has 1 N–H and O–H groups in total. The van der Waals surface area contributed by atoms with Gasteiger partial charge in [-0.25, -0.2) is 4.79 Å². The SMILES string of the molecule is COc1ccc2ncc(OS(=O)(=O)C(F)(F)F)c(C(=O)O)c2c1. The number of halogens is 3. The highest BCUT2D eigenvalue weighted by Gasteiger charge is 2.49. The summed E-state index contributed by atoms with van der Waals surface area (Å²) in [6.07, 6.45) is 0.599. The lowest BCUT2D eigenvalue weighted by molar-refractivity contribution is -0.0500. The first-order valence-electron chi connectivity index (χ1n) is 5.77. The largest absolute Gasteiger partial charge is 0.534 e. The number of hydrogen-bond donors (Lipinski definition) is 1. The molecule has 0 saturated heterocycles. The van der Waals surface area contributed by atoms with Crippen LogP contribution in [0.3, 0.4) is 0 Å². The standard InChI is InChI=1S/C12H8F3NO6S/c1-21-6-2-3-8-7(4-6)10(11(17)18)9(5-16-8)22-23(19,20)12(13,14)15/h2-5H,1H3,(H,17,18). The molecule has 1 aromatic heterocycles. The number of alkyl halides is 3. The summed E-state index contributed by atoms with van der Waals surface area (Å²) >= 11 is 0. The van der Waals surface area contributed by atoms with E-state index in [1.54, 1.807) is 0 Å². The molecule has 0 atom stereocenters. The van der Waals surface area contributed by atoms with E-state index < -0.39 is 32.9 Å². The van der Waals surface area contributed by atoms with Crippen molar-refractivity contribution in [1.29, 1.82) is 0 Å².